The fourth-order valence-corrected chi connectivity index (χ4v) is 2.42. The summed E-state index contributed by atoms with van der Waals surface area (Å²) >= 11 is 3.25. The second kappa shape index (κ2) is 4.03. The highest BCUT2D eigenvalue weighted by atomic mass is 79.9. The Balaban J connectivity index is 2.89. The van der Waals surface area contributed by atoms with Crippen molar-refractivity contribution in [1.82, 2.24) is 4.57 Å². The topological polar surface area (TPSA) is 30.9 Å². The molecule has 0 atom stereocenters. The largest absolute Gasteiger partial charge is 0.431 e. The lowest BCUT2D eigenvalue weighted by atomic mass is 10.1. The fraction of sp³-hybridized carbons (Fsp3) is 0.273. The zero-order valence-electron chi connectivity index (χ0n) is 8.98. The first-order valence-corrected chi connectivity index (χ1v) is 5.69. The van der Waals surface area contributed by atoms with Gasteiger partial charge in [0.2, 0.25) is 0 Å². The van der Waals surface area contributed by atoms with Crippen LogP contribution in [0.2, 0.25) is 0 Å². The van der Waals surface area contributed by atoms with Crippen LogP contribution >= 0.6 is 15.9 Å². The molecule has 0 saturated heterocycles. The zero-order chi connectivity index (χ0) is 12.8. The van der Waals surface area contributed by atoms with Crippen molar-refractivity contribution in [2.75, 3.05) is 0 Å². The number of aryl methyl sites for hydroxylation is 1. The Morgan fingerprint density at radius 3 is 2.53 bits per heavy atom. The molecule has 0 spiro atoms. The third kappa shape index (κ3) is 1.95. The second-order valence-electron chi connectivity index (χ2n) is 3.75. The van der Waals surface area contributed by atoms with Crippen molar-refractivity contribution >= 4 is 26.8 Å². The van der Waals surface area contributed by atoms with Gasteiger partial charge in [-0.1, -0.05) is 15.9 Å². The summed E-state index contributed by atoms with van der Waals surface area (Å²) < 4.78 is 40.7. The molecule has 0 fully saturated rings. The maximum atomic E-state index is 12.9. The number of hydrogen-bond acceptors (Lipinski definition) is 1. The molecule has 2 rings (SSSR count). The zero-order valence-corrected chi connectivity index (χ0v) is 10.6. The Kier molecular flexibility index (Phi) is 2.95. The summed E-state index contributed by atoms with van der Waals surface area (Å²) in [4.78, 5) is 0. The molecule has 0 aliphatic carbocycles. The van der Waals surface area contributed by atoms with Crippen LogP contribution in [0.25, 0.3) is 10.9 Å². The third-order valence-corrected chi connectivity index (χ3v) is 3.23. The second-order valence-corrected chi connectivity index (χ2v) is 4.67. The first kappa shape index (κ1) is 12.4. The van der Waals surface area contributed by atoms with E-state index in [1.165, 1.54) is 7.05 Å². The first-order chi connectivity index (χ1) is 7.86. The van der Waals surface area contributed by atoms with Gasteiger partial charge in [0.1, 0.15) is 5.69 Å². The number of fused-ring (bicyclic) bond motifs is 1. The standard InChI is InChI=1S/C11H10BrF3N2/c1-17-9-3-2-6(12)4-7(9)8(5-16)10(17)11(13,14)15/h2-4H,5,16H2,1H3. The lowest BCUT2D eigenvalue weighted by Crippen LogP contribution is -2.15. The molecule has 0 bridgehead atoms. The van der Waals surface area contributed by atoms with E-state index < -0.39 is 11.9 Å². The van der Waals surface area contributed by atoms with Crippen LogP contribution in [0.1, 0.15) is 11.3 Å². The molecule has 0 aliphatic rings. The van der Waals surface area contributed by atoms with Crippen LogP contribution in [-0.2, 0) is 19.8 Å². The maximum absolute atomic E-state index is 12.9. The first-order valence-electron chi connectivity index (χ1n) is 4.90. The predicted octanol–water partition coefficient (Wildman–Crippen LogP) is 3.42. The molecule has 6 heteroatoms. The molecule has 0 amide bonds. The van der Waals surface area contributed by atoms with Crippen molar-refractivity contribution in [3.63, 3.8) is 0 Å². The van der Waals surface area contributed by atoms with Gasteiger partial charge in [0, 0.05) is 34.5 Å². The minimum Gasteiger partial charge on any atom is -0.340 e. The van der Waals surface area contributed by atoms with Gasteiger partial charge < -0.3 is 10.3 Å². The van der Waals surface area contributed by atoms with Gasteiger partial charge in [-0.2, -0.15) is 13.2 Å². The molecule has 0 unspecified atom stereocenters. The van der Waals surface area contributed by atoms with Crippen LogP contribution in [0.15, 0.2) is 22.7 Å². The Morgan fingerprint density at radius 2 is 2.00 bits per heavy atom. The molecule has 1 aromatic carbocycles. The highest BCUT2D eigenvalue weighted by molar-refractivity contribution is 9.10. The van der Waals surface area contributed by atoms with Gasteiger partial charge in [-0.15, -0.1) is 0 Å². The van der Waals surface area contributed by atoms with Crippen molar-refractivity contribution in [3.8, 4) is 0 Å². The van der Waals surface area contributed by atoms with E-state index in [1.54, 1.807) is 18.2 Å². The molecule has 92 valence electrons. The molecule has 0 saturated carbocycles. The lowest BCUT2D eigenvalue weighted by molar-refractivity contribution is -0.143. The average Bonchev–Trinajstić information content (AvgIpc) is 2.50. The fourth-order valence-electron chi connectivity index (χ4n) is 2.06. The van der Waals surface area contributed by atoms with Gasteiger partial charge in [-0.05, 0) is 18.2 Å². The summed E-state index contributed by atoms with van der Waals surface area (Å²) in [6.07, 6.45) is -4.39. The van der Waals surface area contributed by atoms with Gasteiger partial charge in [-0.25, -0.2) is 0 Å². The smallest absolute Gasteiger partial charge is 0.340 e. The molecular weight excluding hydrogens is 297 g/mol. The van der Waals surface area contributed by atoms with E-state index in [1.807, 2.05) is 0 Å². The van der Waals surface area contributed by atoms with E-state index in [4.69, 9.17) is 5.73 Å². The Hall–Kier alpha value is -1.01. The van der Waals surface area contributed by atoms with E-state index >= 15 is 0 Å². The number of nitrogens with two attached hydrogens (primary N) is 1. The summed E-state index contributed by atoms with van der Waals surface area (Å²) in [5.41, 5.74) is 5.44. The molecule has 2 N–H and O–H groups in total. The molecular formula is C11H10BrF3N2. The SMILES string of the molecule is Cn1c(C(F)(F)F)c(CN)c2cc(Br)ccc21. The lowest BCUT2D eigenvalue weighted by Gasteiger charge is -2.10. The van der Waals surface area contributed by atoms with Crippen LogP contribution < -0.4 is 5.73 Å². The number of hydrogen-bond donors (Lipinski definition) is 1. The van der Waals surface area contributed by atoms with Gasteiger partial charge in [0.15, 0.2) is 0 Å². The minimum absolute atomic E-state index is 0.135. The Labute approximate surface area is 104 Å². The van der Waals surface area contributed by atoms with Crippen LogP contribution in [0, 0.1) is 0 Å². The highest BCUT2D eigenvalue weighted by Crippen LogP contribution is 2.38. The average molecular weight is 307 g/mol. The van der Waals surface area contributed by atoms with Crippen LogP contribution in [0.5, 0.6) is 0 Å². The van der Waals surface area contributed by atoms with Crippen LogP contribution in [0.4, 0.5) is 13.2 Å². The van der Waals surface area contributed by atoms with Gasteiger partial charge in [0.05, 0.1) is 0 Å². The third-order valence-electron chi connectivity index (χ3n) is 2.74. The summed E-state index contributed by atoms with van der Waals surface area (Å²) in [5.74, 6) is 0. The summed E-state index contributed by atoms with van der Waals surface area (Å²) in [6, 6.07) is 5.02. The van der Waals surface area contributed by atoms with Gasteiger partial charge >= 0.3 is 6.18 Å². The van der Waals surface area contributed by atoms with Crippen molar-refractivity contribution in [3.05, 3.63) is 33.9 Å². The maximum Gasteiger partial charge on any atom is 0.431 e. The Morgan fingerprint density at radius 1 is 1.35 bits per heavy atom. The highest BCUT2D eigenvalue weighted by Gasteiger charge is 2.37. The molecule has 0 radical (unpaired) electrons. The number of nitrogens with zero attached hydrogens (tertiary/aromatic N) is 1. The number of aromatic nitrogens is 1. The van der Waals surface area contributed by atoms with Crippen LogP contribution in [0.3, 0.4) is 0 Å². The normalized spacial score (nSPS) is 12.4. The number of benzene rings is 1. The van der Waals surface area contributed by atoms with Gasteiger partial charge in [0.25, 0.3) is 0 Å². The number of alkyl halides is 3. The molecule has 17 heavy (non-hydrogen) atoms. The quantitative estimate of drug-likeness (QED) is 0.860. The monoisotopic (exact) mass is 306 g/mol. The molecule has 2 nitrogen and oxygen atoms in total. The number of rotatable bonds is 1. The summed E-state index contributed by atoms with van der Waals surface area (Å²) in [5, 5.41) is 0.539. The van der Waals surface area contributed by atoms with E-state index in [-0.39, 0.29) is 12.1 Å². The van der Waals surface area contributed by atoms with E-state index in [9.17, 15) is 13.2 Å². The van der Waals surface area contributed by atoms with Crippen molar-refractivity contribution < 1.29 is 13.2 Å². The summed E-state index contributed by atoms with van der Waals surface area (Å²) in [6.45, 7) is -0.136. The molecule has 0 aliphatic heterocycles. The molecule has 2 aromatic rings. The molecule has 1 heterocycles. The summed E-state index contributed by atoms with van der Waals surface area (Å²) in [7, 11) is 1.40. The predicted molar refractivity (Wildman–Crippen MR) is 63.5 cm³/mol. The van der Waals surface area contributed by atoms with E-state index in [2.05, 4.69) is 15.9 Å². The van der Waals surface area contributed by atoms with E-state index in [0.717, 1.165) is 9.04 Å². The van der Waals surface area contributed by atoms with Gasteiger partial charge in [-0.3, -0.25) is 0 Å². The Bertz CT molecular complexity index is 572. The van der Waals surface area contributed by atoms with Crippen molar-refractivity contribution in [1.29, 1.82) is 0 Å². The van der Waals surface area contributed by atoms with Crippen molar-refractivity contribution in [2.24, 2.45) is 12.8 Å². The van der Waals surface area contributed by atoms with E-state index in [0.29, 0.717) is 10.9 Å². The van der Waals surface area contributed by atoms with Crippen LogP contribution in [-0.4, -0.2) is 4.57 Å². The minimum atomic E-state index is -4.39. The van der Waals surface area contributed by atoms with Crippen molar-refractivity contribution in [2.45, 2.75) is 12.7 Å². The molecule has 1 aromatic heterocycles. The number of halogens is 4.